The third kappa shape index (κ3) is 5.19. The average Bonchev–Trinajstić information content (AvgIpc) is 2.81. The van der Waals surface area contributed by atoms with E-state index < -0.39 is 0 Å². The van der Waals surface area contributed by atoms with Crippen molar-refractivity contribution in [3.8, 4) is 5.75 Å². The van der Waals surface area contributed by atoms with Crippen LogP contribution in [-0.2, 0) is 0 Å². The zero-order valence-corrected chi connectivity index (χ0v) is 17.9. The number of nitrogens with zero attached hydrogens (tertiary/aromatic N) is 2. The number of para-hydroxylation sites is 2. The maximum atomic E-state index is 12.9. The molecule has 2 amide bonds. The summed E-state index contributed by atoms with van der Waals surface area (Å²) < 4.78 is 5.36. The summed E-state index contributed by atoms with van der Waals surface area (Å²) in [6, 6.07) is 17.7. The molecule has 7 nitrogen and oxygen atoms in total. The second kappa shape index (κ2) is 10.2. The van der Waals surface area contributed by atoms with Gasteiger partial charge in [0.15, 0.2) is 0 Å². The number of amides is 2. The molecule has 31 heavy (non-hydrogen) atoms. The molecule has 0 aliphatic rings. The van der Waals surface area contributed by atoms with Gasteiger partial charge in [-0.2, -0.15) is 0 Å². The van der Waals surface area contributed by atoms with Crippen molar-refractivity contribution in [2.45, 2.75) is 13.8 Å². The Kier molecular flexibility index (Phi) is 7.22. The maximum absolute atomic E-state index is 12.9. The molecular weight excluding hydrogens is 392 g/mol. The van der Waals surface area contributed by atoms with E-state index in [1.54, 1.807) is 54.6 Å². The number of aromatic nitrogens is 1. The fourth-order valence-corrected chi connectivity index (χ4v) is 3.15. The molecule has 0 atom stereocenters. The van der Waals surface area contributed by atoms with Crippen LogP contribution >= 0.6 is 0 Å². The Balaban J connectivity index is 1.76. The average molecular weight is 418 g/mol. The van der Waals surface area contributed by atoms with E-state index in [9.17, 15) is 9.59 Å². The molecule has 0 unspecified atom stereocenters. The molecule has 0 saturated heterocycles. The number of carbonyl (C=O) groups excluding carboxylic acids is 2. The van der Waals surface area contributed by atoms with Gasteiger partial charge in [-0.3, -0.25) is 9.59 Å². The number of rotatable bonds is 8. The Hall–Kier alpha value is -3.87. The van der Waals surface area contributed by atoms with Crippen LogP contribution in [0.4, 0.5) is 17.2 Å². The number of methoxy groups -OCH3 is 1. The van der Waals surface area contributed by atoms with Crippen LogP contribution in [0.3, 0.4) is 0 Å². The molecule has 0 spiro atoms. The van der Waals surface area contributed by atoms with Crippen LogP contribution in [0.5, 0.6) is 5.75 Å². The molecule has 3 rings (SSSR count). The zero-order chi connectivity index (χ0) is 22.2. The van der Waals surface area contributed by atoms with Crippen LogP contribution in [0, 0.1) is 0 Å². The summed E-state index contributed by atoms with van der Waals surface area (Å²) in [5.41, 5.74) is 2.27. The van der Waals surface area contributed by atoms with Crippen LogP contribution in [-0.4, -0.2) is 41.9 Å². The van der Waals surface area contributed by atoms with Crippen LogP contribution < -0.4 is 15.4 Å². The fourth-order valence-electron chi connectivity index (χ4n) is 3.15. The Morgan fingerprint density at radius 2 is 1.68 bits per heavy atom. The molecule has 0 fully saturated rings. The minimum absolute atomic E-state index is 0.0292. The lowest BCUT2D eigenvalue weighted by atomic mass is 10.1. The predicted octanol–water partition coefficient (Wildman–Crippen LogP) is 4.57. The first-order valence-corrected chi connectivity index (χ1v) is 10.1. The lowest BCUT2D eigenvalue weighted by Gasteiger charge is -2.18. The number of hydrogen-bond acceptors (Lipinski definition) is 5. The highest BCUT2D eigenvalue weighted by Crippen LogP contribution is 2.28. The van der Waals surface area contributed by atoms with Gasteiger partial charge in [0.25, 0.3) is 11.8 Å². The monoisotopic (exact) mass is 418 g/mol. The van der Waals surface area contributed by atoms with Crippen molar-refractivity contribution in [3.05, 3.63) is 78.0 Å². The second-order valence-corrected chi connectivity index (χ2v) is 6.73. The van der Waals surface area contributed by atoms with Gasteiger partial charge in [-0.05, 0) is 62.4 Å². The number of hydrogen-bond donors (Lipinski definition) is 2. The summed E-state index contributed by atoms with van der Waals surface area (Å²) in [7, 11) is 1.58. The molecule has 0 aliphatic carbocycles. The van der Waals surface area contributed by atoms with Crippen LogP contribution in [0.1, 0.15) is 34.6 Å². The van der Waals surface area contributed by atoms with Gasteiger partial charge in [0.05, 0.1) is 18.4 Å². The summed E-state index contributed by atoms with van der Waals surface area (Å²) in [5.74, 6) is 0.720. The molecule has 1 heterocycles. The predicted molar refractivity (Wildman–Crippen MR) is 122 cm³/mol. The smallest absolute Gasteiger partial charge is 0.259 e. The fraction of sp³-hybridized carbons (Fsp3) is 0.208. The topological polar surface area (TPSA) is 83.6 Å². The zero-order valence-electron chi connectivity index (χ0n) is 17.9. The molecule has 2 aromatic carbocycles. The normalized spacial score (nSPS) is 10.3. The number of anilines is 3. The highest BCUT2D eigenvalue weighted by Gasteiger charge is 2.15. The van der Waals surface area contributed by atoms with Crippen LogP contribution in [0.25, 0.3) is 0 Å². The summed E-state index contributed by atoms with van der Waals surface area (Å²) in [4.78, 5) is 31.4. The summed E-state index contributed by atoms with van der Waals surface area (Å²) in [6.45, 7) is 5.19. The highest BCUT2D eigenvalue weighted by molar-refractivity contribution is 6.08. The molecular formula is C24H26N4O3. The molecule has 0 bridgehead atoms. The van der Waals surface area contributed by atoms with Gasteiger partial charge in [-0.25, -0.2) is 4.98 Å². The van der Waals surface area contributed by atoms with Crippen molar-refractivity contribution >= 4 is 29.0 Å². The Labute approximate surface area is 182 Å². The Bertz CT molecular complexity index is 1050. The van der Waals surface area contributed by atoms with Gasteiger partial charge in [0.2, 0.25) is 0 Å². The Morgan fingerprint density at radius 3 is 2.35 bits per heavy atom. The molecule has 0 saturated carbocycles. The Morgan fingerprint density at radius 1 is 0.968 bits per heavy atom. The van der Waals surface area contributed by atoms with E-state index in [2.05, 4.69) is 15.6 Å². The quantitative estimate of drug-likeness (QED) is 0.560. The van der Waals surface area contributed by atoms with Gasteiger partial charge in [-0.15, -0.1) is 0 Å². The lowest BCUT2D eigenvalue weighted by Crippen LogP contribution is -2.30. The number of nitrogens with one attached hydrogen (secondary N) is 2. The summed E-state index contributed by atoms with van der Waals surface area (Å²) in [6.07, 6.45) is 1.61. The van der Waals surface area contributed by atoms with Crippen molar-refractivity contribution in [1.82, 2.24) is 9.88 Å². The molecule has 3 aromatic rings. The highest BCUT2D eigenvalue weighted by atomic mass is 16.5. The van der Waals surface area contributed by atoms with E-state index in [1.807, 2.05) is 38.1 Å². The first-order valence-electron chi connectivity index (χ1n) is 10.1. The van der Waals surface area contributed by atoms with E-state index in [0.717, 1.165) is 0 Å². The first kappa shape index (κ1) is 21.8. The SMILES string of the molecule is CCN(CC)C(=O)c1ccc(NC(=O)c2cccnc2Nc2ccccc2OC)cc1. The minimum Gasteiger partial charge on any atom is -0.495 e. The van der Waals surface area contributed by atoms with Crippen molar-refractivity contribution in [2.75, 3.05) is 30.8 Å². The van der Waals surface area contributed by atoms with E-state index >= 15 is 0 Å². The van der Waals surface area contributed by atoms with Crippen molar-refractivity contribution in [2.24, 2.45) is 0 Å². The first-order chi connectivity index (χ1) is 15.1. The summed E-state index contributed by atoms with van der Waals surface area (Å²) in [5, 5.41) is 6.02. The number of benzene rings is 2. The van der Waals surface area contributed by atoms with Gasteiger partial charge in [-0.1, -0.05) is 12.1 Å². The number of pyridine rings is 1. The van der Waals surface area contributed by atoms with E-state index in [-0.39, 0.29) is 11.8 Å². The standard InChI is InChI=1S/C24H26N4O3/c1-4-28(5-2)24(30)17-12-14-18(15-13-17)26-23(29)19-9-8-16-25-22(19)27-20-10-6-7-11-21(20)31-3/h6-16H,4-5H2,1-3H3,(H,25,27)(H,26,29). The second-order valence-electron chi connectivity index (χ2n) is 6.73. The lowest BCUT2D eigenvalue weighted by molar-refractivity contribution is 0.0773. The third-order valence-corrected chi connectivity index (χ3v) is 4.85. The number of carbonyl (C=O) groups is 2. The molecule has 1 aromatic heterocycles. The number of ether oxygens (including phenoxy) is 1. The van der Waals surface area contributed by atoms with Gasteiger partial charge in [0, 0.05) is 30.5 Å². The van der Waals surface area contributed by atoms with E-state index in [1.165, 1.54) is 0 Å². The van der Waals surface area contributed by atoms with Crippen molar-refractivity contribution in [3.63, 3.8) is 0 Å². The molecule has 0 aliphatic heterocycles. The van der Waals surface area contributed by atoms with Gasteiger partial charge < -0.3 is 20.3 Å². The van der Waals surface area contributed by atoms with Gasteiger partial charge >= 0.3 is 0 Å². The van der Waals surface area contributed by atoms with E-state index in [0.29, 0.717) is 47.2 Å². The molecule has 0 radical (unpaired) electrons. The summed E-state index contributed by atoms with van der Waals surface area (Å²) >= 11 is 0. The molecule has 2 N–H and O–H groups in total. The third-order valence-electron chi connectivity index (χ3n) is 4.85. The molecule has 7 heteroatoms. The van der Waals surface area contributed by atoms with E-state index in [4.69, 9.17) is 4.74 Å². The van der Waals surface area contributed by atoms with Crippen molar-refractivity contribution < 1.29 is 14.3 Å². The largest absolute Gasteiger partial charge is 0.495 e. The maximum Gasteiger partial charge on any atom is 0.259 e. The van der Waals surface area contributed by atoms with Crippen LogP contribution in [0.15, 0.2) is 66.9 Å². The van der Waals surface area contributed by atoms with Crippen molar-refractivity contribution in [1.29, 1.82) is 0 Å². The molecule has 160 valence electrons. The van der Waals surface area contributed by atoms with Crippen LogP contribution in [0.2, 0.25) is 0 Å². The van der Waals surface area contributed by atoms with Gasteiger partial charge in [0.1, 0.15) is 11.6 Å². The minimum atomic E-state index is -0.312.